The molecule has 0 bridgehead atoms. The van der Waals surface area contributed by atoms with Crippen molar-refractivity contribution in [3.63, 3.8) is 0 Å². The third-order valence-electron chi connectivity index (χ3n) is 4.43. The van der Waals surface area contributed by atoms with Crippen LogP contribution in [0.2, 0.25) is 0 Å². The van der Waals surface area contributed by atoms with E-state index >= 15 is 0 Å². The lowest BCUT2D eigenvalue weighted by molar-refractivity contribution is -0.116. The van der Waals surface area contributed by atoms with Crippen LogP contribution in [0.3, 0.4) is 0 Å². The summed E-state index contributed by atoms with van der Waals surface area (Å²) in [5.74, 6) is 0.0690. The second-order valence-electron chi connectivity index (χ2n) is 6.53. The number of nitrogens with zero attached hydrogens (tertiary/aromatic N) is 1. The number of hydrogen-bond acceptors (Lipinski definition) is 6. The standard InChI is InChI=1S/C22H17FN2O4S/c1-28-22(27)19-11-14-10-16(6-7-18(14)30-19)25-20(26)8-9-21-24-12-17(29-21)13-2-4-15(23)5-3-13/h2-7,10-12H,8-9H2,1H3,(H,25,26). The number of anilines is 1. The van der Waals surface area contributed by atoms with E-state index in [0.29, 0.717) is 28.6 Å². The molecule has 1 N–H and O–H groups in total. The molecule has 1 amide bonds. The summed E-state index contributed by atoms with van der Waals surface area (Å²) >= 11 is 1.34. The van der Waals surface area contributed by atoms with Gasteiger partial charge in [-0.25, -0.2) is 14.2 Å². The Hall–Kier alpha value is -3.52. The zero-order valence-electron chi connectivity index (χ0n) is 16.0. The van der Waals surface area contributed by atoms with Gasteiger partial charge in [0.2, 0.25) is 5.91 Å². The Morgan fingerprint density at radius 1 is 1.17 bits per heavy atom. The number of rotatable bonds is 6. The average Bonchev–Trinajstić information content (AvgIpc) is 3.39. The number of benzene rings is 2. The van der Waals surface area contributed by atoms with Crippen molar-refractivity contribution in [2.24, 2.45) is 0 Å². The van der Waals surface area contributed by atoms with E-state index in [9.17, 15) is 14.0 Å². The fraction of sp³-hybridized carbons (Fsp3) is 0.136. The first kappa shape index (κ1) is 19.8. The number of carbonyl (C=O) groups excluding carboxylic acids is 2. The maximum atomic E-state index is 13.0. The highest BCUT2D eigenvalue weighted by atomic mass is 32.1. The van der Waals surface area contributed by atoms with Gasteiger partial charge in [-0.3, -0.25) is 4.79 Å². The molecule has 0 saturated heterocycles. The minimum atomic E-state index is -0.382. The first-order valence-electron chi connectivity index (χ1n) is 9.14. The molecule has 0 aliphatic heterocycles. The fourth-order valence-corrected chi connectivity index (χ4v) is 3.90. The minimum absolute atomic E-state index is 0.181. The van der Waals surface area contributed by atoms with Crippen LogP contribution < -0.4 is 5.32 Å². The molecule has 2 aromatic heterocycles. The highest BCUT2D eigenvalue weighted by molar-refractivity contribution is 7.20. The predicted molar refractivity (Wildman–Crippen MR) is 112 cm³/mol. The lowest BCUT2D eigenvalue weighted by Gasteiger charge is -2.04. The Labute approximate surface area is 175 Å². The number of halogens is 1. The highest BCUT2D eigenvalue weighted by Crippen LogP contribution is 2.29. The van der Waals surface area contributed by atoms with Gasteiger partial charge in [-0.2, -0.15) is 0 Å². The number of hydrogen-bond donors (Lipinski definition) is 1. The first-order valence-corrected chi connectivity index (χ1v) is 9.96. The van der Waals surface area contributed by atoms with Crippen molar-refractivity contribution < 1.29 is 23.1 Å². The fourth-order valence-electron chi connectivity index (χ4n) is 2.94. The summed E-state index contributed by atoms with van der Waals surface area (Å²) in [6.07, 6.45) is 2.09. The van der Waals surface area contributed by atoms with Gasteiger partial charge in [0.05, 0.1) is 13.3 Å². The summed E-state index contributed by atoms with van der Waals surface area (Å²) in [4.78, 5) is 28.7. The molecule has 152 valence electrons. The van der Waals surface area contributed by atoms with E-state index in [-0.39, 0.29) is 24.1 Å². The van der Waals surface area contributed by atoms with Crippen LogP contribution in [0.25, 0.3) is 21.4 Å². The van der Waals surface area contributed by atoms with E-state index < -0.39 is 0 Å². The van der Waals surface area contributed by atoms with Crippen molar-refractivity contribution >= 4 is 39.0 Å². The molecule has 0 atom stereocenters. The maximum Gasteiger partial charge on any atom is 0.348 e. The minimum Gasteiger partial charge on any atom is -0.465 e. The van der Waals surface area contributed by atoms with Crippen molar-refractivity contribution in [1.29, 1.82) is 0 Å². The smallest absolute Gasteiger partial charge is 0.348 e. The third-order valence-corrected chi connectivity index (χ3v) is 5.53. The number of nitrogens with one attached hydrogen (secondary N) is 1. The molecule has 4 aromatic rings. The molecule has 4 rings (SSSR count). The lowest BCUT2D eigenvalue weighted by atomic mass is 10.2. The molecule has 0 saturated carbocycles. The molecule has 2 aromatic carbocycles. The first-order chi connectivity index (χ1) is 14.5. The van der Waals surface area contributed by atoms with Gasteiger partial charge in [0.15, 0.2) is 11.7 Å². The molecule has 30 heavy (non-hydrogen) atoms. The van der Waals surface area contributed by atoms with E-state index in [1.54, 1.807) is 30.5 Å². The number of aryl methyl sites for hydroxylation is 1. The summed E-state index contributed by atoms with van der Waals surface area (Å²) in [5, 5.41) is 3.70. The van der Waals surface area contributed by atoms with Gasteiger partial charge in [-0.05, 0) is 53.9 Å². The summed E-state index contributed by atoms with van der Waals surface area (Å²) in [7, 11) is 1.34. The van der Waals surface area contributed by atoms with Crippen LogP contribution >= 0.6 is 11.3 Å². The normalized spacial score (nSPS) is 10.9. The Morgan fingerprint density at radius 2 is 1.97 bits per heavy atom. The van der Waals surface area contributed by atoms with Gasteiger partial charge in [-0.1, -0.05) is 0 Å². The Bertz CT molecular complexity index is 1210. The van der Waals surface area contributed by atoms with Gasteiger partial charge in [-0.15, -0.1) is 11.3 Å². The molecule has 2 heterocycles. The SMILES string of the molecule is COC(=O)c1cc2cc(NC(=O)CCc3ncc(-c4ccc(F)cc4)o3)ccc2s1. The molecule has 0 fully saturated rings. The van der Waals surface area contributed by atoms with Gasteiger partial charge in [0.1, 0.15) is 10.7 Å². The highest BCUT2D eigenvalue weighted by Gasteiger charge is 2.12. The van der Waals surface area contributed by atoms with E-state index in [1.165, 1.54) is 30.6 Å². The van der Waals surface area contributed by atoms with Gasteiger partial charge in [0, 0.05) is 28.8 Å². The number of amides is 1. The number of thiophene rings is 1. The summed E-state index contributed by atoms with van der Waals surface area (Å²) in [5.41, 5.74) is 1.36. The molecule has 6 nitrogen and oxygen atoms in total. The Morgan fingerprint density at radius 3 is 2.73 bits per heavy atom. The molecular formula is C22H17FN2O4S. The van der Waals surface area contributed by atoms with E-state index in [4.69, 9.17) is 9.15 Å². The lowest BCUT2D eigenvalue weighted by Crippen LogP contribution is -2.12. The molecule has 0 radical (unpaired) electrons. The average molecular weight is 424 g/mol. The molecule has 0 unspecified atom stereocenters. The van der Waals surface area contributed by atoms with Crippen molar-refractivity contribution in [3.05, 3.63) is 71.3 Å². The van der Waals surface area contributed by atoms with Crippen LogP contribution in [-0.2, 0) is 16.0 Å². The molecular weight excluding hydrogens is 407 g/mol. The van der Waals surface area contributed by atoms with Crippen LogP contribution in [-0.4, -0.2) is 24.0 Å². The van der Waals surface area contributed by atoms with Gasteiger partial charge < -0.3 is 14.5 Å². The molecule has 0 aliphatic rings. The van der Waals surface area contributed by atoms with Crippen LogP contribution in [0.4, 0.5) is 10.1 Å². The Kier molecular flexibility index (Phi) is 5.58. The number of ether oxygens (including phenoxy) is 1. The largest absolute Gasteiger partial charge is 0.465 e. The third kappa shape index (κ3) is 4.38. The van der Waals surface area contributed by atoms with Gasteiger partial charge in [0.25, 0.3) is 0 Å². The number of methoxy groups -OCH3 is 1. The van der Waals surface area contributed by atoms with Crippen molar-refractivity contribution in [2.45, 2.75) is 12.8 Å². The number of oxazole rings is 1. The quantitative estimate of drug-likeness (QED) is 0.438. The zero-order chi connectivity index (χ0) is 21.1. The predicted octanol–water partition coefficient (Wildman–Crippen LogP) is 5.05. The number of esters is 1. The number of aromatic nitrogens is 1. The monoisotopic (exact) mass is 424 g/mol. The summed E-state index contributed by atoms with van der Waals surface area (Å²) < 4.78 is 24.3. The van der Waals surface area contributed by atoms with E-state index in [0.717, 1.165) is 15.6 Å². The van der Waals surface area contributed by atoms with Gasteiger partial charge >= 0.3 is 5.97 Å². The zero-order valence-corrected chi connectivity index (χ0v) is 16.8. The summed E-state index contributed by atoms with van der Waals surface area (Å²) in [6, 6.07) is 13.1. The molecule has 0 spiro atoms. The van der Waals surface area contributed by atoms with E-state index in [1.807, 2.05) is 12.1 Å². The summed E-state index contributed by atoms with van der Waals surface area (Å²) in [6.45, 7) is 0. The van der Waals surface area contributed by atoms with E-state index in [2.05, 4.69) is 10.3 Å². The van der Waals surface area contributed by atoms with Crippen LogP contribution in [0, 0.1) is 5.82 Å². The maximum absolute atomic E-state index is 13.0. The van der Waals surface area contributed by atoms with Crippen molar-refractivity contribution in [3.8, 4) is 11.3 Å². The Balaban J connectivity index is 1.37. The molecule has 0 aliphatic carbocycles. The topological polar surface area (TPSA) is 81.4 Å². The van der Waals surface area contributed by atoms with Crippen LogP contribution in [0.5, 0.6) is 0 Å². The second kappa shape index (κ2) is 8.46. The number of carbonyl (C=O) groups is 2. The van der Waals surface area contributed by atoms with Crippen molar-refractivity contribution in [1.82, 2.24) is 4.98 Å². The second-order valence-corrected chi connectivity index (χ2v) is 7.61. The molecule has 8 heteroatoms. The van der Waals surface area contributed by atoms with Crippen molar-refractivity contribution in [2.75, 3.05) is 12.4 Å². The van der Waals surface area contributed by atoms with Crippen LogP contribution in [0.1, 0.15) is 22.0 Å². The van der Waals surface area contributed by atoms with Crippen LogP contribution in [0.15, 0.2) is 59.1 Å². The number of fused-ring (bicyclic) bond motifs is 1.